The summed E-state index contributed by atoms with van der Waals surface area (Å²) in [4.78, 5) is 34.1. The van der Waals surface area contributed by atoms with Gasteiger partial charge in [-0.05, 0) is 38.1 Å². The number of hydrogen-bond donors (Lipinski definition) is 1. The summed E-state index contributed by atoms with van der Waals surface area (Å²) < 4.78 is 8.69. The Morgan fingerprint density at radius 2 is 1.83 bits per heavy atom. The minimum absolute atomic E-state index is 0.379. The quantitative estimate of drug-likeness (QED) is 0.597. The lowest BCUT2D eigenvalue weighted by molar-refractivity contribution is 0.306. The molecule has 0 fully saturated rings. The monoisotopic (exact) mass is 399 g/mol. The lowest BCUT2D eigenvalue weighted by atomic mass is 10.2. The molecule has 0 unspecified atom stereocenters. The number of fused-ring (bicyclic) bond motifs is 1. The number of rotatable bonds is 9. The molecule has 1 aromatic carbocycles. The maximum Gasteiger partial charge on any atom is 0.330 e. The molecule has 0 saturated carbocycles. The van der Waals surface area contributed by atoms with E-state index in [4.69, 9.17) is 9.72 Å². The third kappa shape index (κ3) is 4.42. The van der Waals surface area contributed by atoms with E-state index in [0.717, 1.165) is 36.5 Å². The normalized spacial score (nSPS) is 11.5. The molecule has 0 atom stereocenters. The van der Waals surface area contributed by atoms with Crippen LogP contribution in [0.3, 0.4) is 0 Å². The van der Waals surface area contributed by atoms with Gasteiger partial charge in [0.25, 0.3) is 5.56 Å². The Morgan fingerprint density at radius 1 is 1.10 bits per heavy atom. The SMILES string of the molecule is CCCCn1c(=O)[nH]c(=O)c2c1nc(CN(C)Cc1ccc(OC)cc1)n2CC. The number of aromatic amines is 1. The minimum Gasteiger partial charge on any atom is -0.497 e. The molecule has 0 saturated heterocycles. The predicted octanol–water partition coefficient (Wildman–Crippen LogP) is 2.35. The summed E-state index contributed by atoms with van der Waals surface area (Å²) in [5, 5.41) is 0. The number of ether oxygens (including phenoxy) is 1. The number of H-pyrrole nitrogens is 1. The van der Waals surface area contributed by atoms with Gasteiger partial charge in [-0.25, -0.2) is 9.78 Å². The highest BCUT2D eigenvalue weighted by atomic mass is 16.5. The molecule has 2 aromatic heterocycles. The molecule has 3 rings (SSSR count). The topological polar surface area (TPSA) is 85.2 Å². The maximum absolute atomic E-state index is 12.5. The summed E-state index contributed by atoms with van der Waals surface area (Å²) in [5.41, 5.74) is 1.33. The van der Waals surface area contributed by atoms with E-state index < -0.39 is 5.69 Å². The van der Waals surface area contributed by atoms with Gasteiger partial charge >= 0.3 is 5.69 Å². The van der Waals surface area contributed by atoms with Gasteiger partial charge in [0.1, 0.15) is 11.6 Å². The summed E-state index contributed by atoms with van der Waals surface area (Å²) in [6, 6.07) is 7.95. The second-order valence-electron chi connectivity index (χ2n) is 7.23. The van der Waals surface area contributed by atoms with Gasteiger partial charge in [0.05, 0.1) is 13.7 Å². The zero-order valence-electron chi connectivity index (χ0n) is 17.6. The first-order valence-electron chi connectivity index (χ1n) is 10.0. The van der Waals surface area contributed by atoms with E-state index in [1.165, 1.54) is 0 Å². The highest BCUT2D eigenvalue weighted by molar-refractivity contribution is 5.71. The van der Waals surface area contributed by atoms with Crippen LogP contribution in [-0.2, 0) is 26.2 Å². The largest absolute Gasteiger partial charge is 0.497 e. The van der Waals surface area contributed by atoms with Crippen molar-refractivity contribution in [3.63, 3.8) is 0 Å². The molecule has 0 aliphatic carbocycles. The Balaban J connectivity index is 1.92. The van der Waals surface area contributed by atoms with Gasteiger partial charge in [0.2, 0.25) is 0 Å². The van der Waals surface area contributed by atoms with Crippen molar-refractivity contribution in [1.29, 1.82) is 0 Å². The number of nitrogens with zero attached hydrogens (tertiary/aromatic N) is 4. The molecular formula is C21H29N5O3. The van der Waals surface area contributed by atoms with E-state index in [-0.39, 0.29) is 5.56 Å². The van der Waals surface area contributed by atoms with Crippen molar-refractivity contribution in [3.8, 4) is 5.75 Å². The van der Waals surface area contributed by atoms with Crippen molar-refractivity contribution in [2.45, 2.75) is 52.9 Å². The molecule has 1 N–H and O–H groups in total. The van der Waals surface area contributed by atoms with Crippen molar-refractivity contribution in [2.75, 3.05) is 14.2 Å². The molecule has 0 spiro atoms. The van der Waals surface area contributed by atoms with Gasteiger partial charge < -0.3 is 9.30 Å². The summed E-state index contributed by atoms with van der Waals surface area (Å²) in [6.07, 6.45) is 1.81. The average molecular weight is 399 g/mol. The number of imidazole rings is 1. The fourth-order valence-electron chi connectivity index (χ4n) is 3.54. The number of nitrogens with one attached hydrogen (secondary N) is 1. The molecule has 8 nitrogen and oxygen atoms in total. The Labute approximate surface area is 169 Å². The summed E-state index contributed by atoms with van der Waals surface area (Å²) >= 11 is 0. The second-order valence-corrected chi connectivity index (χ2v) is 7.23. The molecule has 0 amide bonds. The van der Waals surface area contributed by atoms with Crippen molar-refractivity contribution in [2.24, 2.45) is 0 Å². The Kier molecular flexibility index (Phi) is 6.53. The van der Waals surface area contributed by atoms with E-state index in [9.17, 15) is 9.59 Å². The molecular weight excluding hydrogens is 370 g/mol. The molecule has 3 aromatic rings. The van der Waals surface area contributed by atoms with Gasteiger partial charge in [-0.2, -0.15) is 0 Å². The van der Waals surface area contributed by atoms with Crippen LogP contribution in [-0.4, -0.2) is 38.2 Å². The van der Waals surface area contributed by atoms with Crippen LogP contribution in [0.25, 0.3) is 11.2 Å². The number of hydrogen-bond acceptors (Lipinski definition) is 5. The van der Waals surface area contributed by atoms with E-state index in [1.807, 2.05) is 42.8 Å². The van der Waals surface area contributed by atoms with Crippen molar-refractivity contribution >= 4 is 11.2 Å². The predicted molar refractivity (Wildman–Crippen MR) is 113 cm³/mol. The third-order valence-corrected chi connectivity index (χ3v) is 5.04. The first kappa shape index (κ1) is 20.9. The van der Waals surface area contributed by atoms with Crippen molar-refractivity contribution in [1.82, 2.24) is 24.0 Å². The zero-order valence-corrected chi connectivity index (χ0v) is 17.6. The van der Waals surface area contributed by atoms with Gasteiger partial charge in [-0.15, -0.1) is 0 Å². The summed E-state index contributed by atoms with van der Waals surface area (Å²) in [7, 11) is 3.66. The molecule has 0 aliphatic heterocycles. The molecule has 0 aliphatic rings. The van der Waals surface area contributed by atoms with Crippen LogP contribution in [0.5, 0.6) is 5.75 Å². The zero-order chi connectivity index (χ0) is 21.0. The number of benzene rings is 1. The van der Waals surface area contributed by atoms with Crippen molar-refractivity contribution in [3.05, 3.63) is 56.5 Å². The fourth-order valence-corrected chi connectivity index (χ4v) is 3.54. The van der Waals surface area contributed by atoms with Gasteiger partial charge in [-0.1, -0.05) is 25.5 Å². The number of aryl methyl sites for hydroxylation is 2. The van der Waals surface area contributed by atoms with E-state index in [0.29, 0.717) is 30.8 Å². The molecule has 29 heavy (non-hydrogen) atoms. The van der Waals surface area contributed by atoms with E-state index >= 15 is 0 Å². The summed E-state index contributed by atoms with van der Waals surface area (Å²) in [5.74, 6) is 1.60. The second kappa shape index (κ2) is 9.09. The molecule has 0 radical (unpaired) electrons. The minimum atomic E-state index is -0.394. The molecule has 0 bridgehead atoms. The molecule has 2 heterocycles. The van der Waals surface area contributed by atoms with Gasteiger partial charge in [-0.3, -0.25) is 19.2 Å². The highest BCUT2D eigenvalue weighted by Gasteiger charge is 2.18. The first-order chi connectivity index (χ1) is 14.0. The van der Waals surface area contributed by atoms with Crippen LogP contribution < -0.4 is 16.0 Å². The standard InChI is InChI=1S/C21H29N5O3/c1-5-7-12-26-19-18(20(27)23-21(26)28)25(6-2)17(22-19)14-24(3)13-15-8-10-16(29-4)11-9-15/h8-11H,5-7,12-14H2,1-4H3,(H,23,27,28). The van der Waals surface area contributed by atoms with Crippen LogP contribution in [0.1, 0.15) is 38.1 Å². The Morgan fingerprint density at radius 3 is 2.45 bits per heavy atom. The highest BCUT2D eigenvalue weighted by Crippen LogP contribution is 2.16. The molecule has 8 heteroatoms. The first-order valence-corrected chi connectivity index (χ1v) is 10.0. The Bertz CT molecular complexity index is 1080. The number of methoxy groups -OCH3 is 1. The average Bonchev–Trinajstić information content (AvgIpc) is 3.06. The molecule has 156 valence electrons. The lowest BCUT2D eigenvalue weighted by Gasteiger charge is -2.17. The van der Waals surface area contributed by atoms with E-state index in [2.05, 4.69) is 16.8 Å². The lowest BCUT2D eigenvalue weighted by Crippen LogP contribution is -2.31. The third-order valence-electron chi connectivity index (χ3n) is 5.04. The summed E-state index contributed by atoms with van der Waals surface area (Å²) in [6.45, 7) is 6.50. The van der Waals surface area contributed by atoms with Crippen LogP contribution in [0.15, 0.2) is 33.9 Å². The fraction of sp³-hybridized carbons (Fsp3) is 0.476. The number of aromatic nitrogens is 4. The van der Waals surface area contributed by atoms with Crippen LogP contribution in [0, 0.1) is 0 Å². The van der Waals surface area contributed by atoms with Gasteiger partial charge in [0.15, 0.2) is 11.2 Å². The smallest absolute Gasteiger partial charge is 0.330 e. The Hall–Kier alpha value is -2.87. The van der Waals surface area contributed by atoms with Crippen LogP contribution in [0.2, 0.25) is 0 Å². The van der Waals surface area contributed by atoms with Crippen LogP contribution in [0.4, 0.5) is 0 Å². The van der Waals surface area contributed by atoms with Crippen molar-refractivity contribution < 1.29 is 4.74 Å². The maximum atomic E-state index is 12.5. The van der Waals surface area contributed by atoms with Crippen LogP contribution >= 0.6 is 0 Å². The van der Waals surface area contributed by atoms with Gasteiger partial charge in [0, 0.05) is 19.6 Å². The number of unbranched alkanes of at least 4 members (excludes halogenated alkanes) is 1. The van der Waals surface area contributed by atoms with E-state index in [1.54, 1.807) is 11.7 Å².